The number of carbonyl (C=O) groups excluding carboxylic acids is 3. The third-order valence-electron chi connectivity index (χ3n) is 3.45. The quantitative estimate of drug-likeness (QED) is 0.604. The van der Waals surface area contributed by atoms with Crippen molar-refractivity contribution < 1.29 is 24.3 Å². The Balaban J connectivity index is 2.59. The first-order chi connectivity index (χ1) is 10.3. The SMILES string of the molecule is CCN1CCN(CC(=O)NC(CC(C)C)C(=O)O)C(=O)C1=O. The van der Waals surface area contributed by atoms with Crippen LogP contribution >= 0.6 is 0 Å². The standard InChI is InChI=1S/C14H23N3O5/c1-4-16-5-6-17(13(20)12(16)19)8-11(18)15-10(14(21)22)7-9(2)3/h9-10H,4-8H2,1-3H3,(H,15,18)(H,21,22). The number of carboxylic acids is 1. The van der Waals surface area contributed by atoms with Gasteiger partial charge in [-0.1, -0.05) is 13.8 Å². The molecule has 1 fully saturated rings. The van der Waals surface area contributed by atoms with Crippen molar-refractivity contribution in [3.05, 3.63) is 0 Å². The van der Waals surface area contributed by atoms with Crippen LogP contribution < -0.4 is 5.32 Å². The Kier molecular flexibility index (Phi) is 6.33. The highest BCUT2D eigenvalue weighted by atomic mass is 16.4. The van der Waals surface area contributed by atoms with Crippen molar-refractivity contribution >= 4 is 23.7 Å². The minimum absolute atomic E-state index is 0.109. The lowest BCUT2D eigenvalue weighted by Crippen LogP contribution is -2.57. The largest absolute Gasteiger partial charge is 0.480 e. The van der Waals surface area contributed by atoms with Crippen LogP contribution in [0.25, 0.3) is 0 Å². The summed E-state index contributed by atoms with van der Waals surface area (Å²) in [5, 5.41) is 11.5. The van der Waals surface area contributed by atoms with Crippen molar-refractivity contribution in [2.45, 2.75) is 33.2 Å². The summed E-state index contributed by atoms with van der Waals surface area (Å²) in [5.41, 5.74) is 0. The van der Waals surface area contributed by atoms with Crippen LogP contribution in [0.3, 0.4) is 0 Å². The molecule has 3 amide bonds. The highest BCUT2D eigenvalue weighted by molar-refractivity contribution is 6.35. The van der Waals surface area contributed by atoms with Gasteiger partial charge in [0.05, 0.1) is 0 Å². The molecule has 1 atom stereocenters. The molecular weight excluding hydrogens is 290 g/mol. The minimum Gasteiger partial charge on any atom is -0.480 e. The van der Waals surface area contributed by atoms with E-state index in [0.29, 0.717) is 19.5 Å². The molecular formula is C14H23N3O5. The highest BCUT2D eigenvalue weighted by Crippen LogP contribution is 2.07. The highest BCUT2D eigenvalue weighted by Gasteiger charge is 2.33. The van der Waals surface area contributed by atoms with Crippen LogP contribution in [0.4, 0.5) is 0 Å². The van der Waals surface area contributed by atoms with Crippen molar-refractivity contribution in [3.63, 3.8) is 0 Å². The molecule has 1 aliphatic rings. The van der Waals surface area contributed by atoms with Gasteiger partial charge in [-0.05, 0) is 19.3 Å². The molecule has 0 aromatic heterocycles. The summed E-state index contributed by atoms with van der Waals surface area (Å²) in [5.74, 6) is -2.92. The van der Waals surface area contributed by atoms with Crippen LogP contribution in [-0.4, -0.2) is 70.8 Å². The maximum absolute atomic E-state index is 11.9. The predicted molar refractivity (Wildman–Crippen MR) is 77.9 cm³/mol. The fourth-order valence-corrected chi connectivity index (χ4v) is 2.27. The van der Waals surface area contributed by atoms with Crippen LogP contribution in [0.15, 0.2) is 0 Å². The van der Waals surface area contributed by atoms with E-state index in [2.05, 4.69) is 5.32 Å². The lowest BCUT2D eigenvalue weighted by atomic mass is 10.0. The van der Waals surface area contributed by atoms with E-state index in [4.69, 9.17) is 5.11 Å². The Hall–Kier alpha value is -2.12. The van der Waals surface area contributed by atoms with Gasteiger partial charge >= 0.3 is 17.8 Å². The number of hydrogen-bond acceptors (Lipinski definition) is 4. The van der Waals surface area contributed by atoms with Crippen molar-refractivity contribution in [1.29, 1.82) is 0 Å². The average Bonchev–Trinajstić information content (AvgIpc) is 2.43. The summed E-state index contributed by atoms with van der Waals surface area (Å²) in [7, 11) is 0. The monoisotopic (exact) mass is 313 g/mol. The Bertz CT molecular complexity index is 463. The fourth-order valence-electron chi connectivity index (χ4n) is 2.27. The van der Waals surface area contributed by atoms with Gasteiger partial charge in [0.1, 0.15) is 12.6 Å². The number of hydrogen-bond donors (Lipinski definition) is 2. The first-order valence-corrected chi connectivity index (χ1v) is 7.36. The maximum atomic E-state index is 11.9. The molecule has 0 radical (unpaired) electrons. The molecule has 0 aromatic carbocycles. The molecule has 0 aliphatic carbocycles. The van der Waals surface area contributed by atoms with Gasteiger partial charge in [0.2, 0.25) is 5.91 Å². The first-order valence-electron chi connectivity index (χ1n) is 7.36. The molecule has 1 aliphatic heterocycles. The molecule has 22 heavy (non-hydrogen) atoms. The third kappa shape index (κ3) is 4.71. The van der Waals surface area contributed by atoms with E-state index in [1.165, 1.54) is 4.90 Å². The number of nitrogens with zero attached hydrogens (tertiary/aromatic N) is 2. The molecule has 0 bridgehead atoms. The second kappa shape index (κ2) is 7.77. The van der Waals surface area contributed by atoms with Crippen molar-refractivity contribution in [2.75, 3.05) is 26.2 Å². The zero-order chi connectivity index (χ0) is 16.9. The Morgan fingerprint density at radius 2 is 1.73 bits per heavy atom. The van der Waals surface area contributed by atoms with E-state index < -0.39 is 29.7 Å². The summed E-state index contributed by atoms with van der Waals surface area (Å²) in [4.78, 5) is 49.2. The number of aliphatic carboxylic acids is 1. The number of rotatable bonds is 7. The summed E-state index contributed by atoms with van der Waals surface area (Å²) in [6.45, 7) is 6.28. The summed E-state index contributed by atoms with van der Waals surface area (Å²) >= 11 is 0. The van der Waals surface area contributed by atoms with Crippen molar-refractivity contribution in [3.8, 4) is 0 Å². The summed E-state index contributed by atoms with van der Waals surface area (Å²) in [6, 6.07) is -0.991. The zero-order valence-electron chi connectivity index (χ0n) is 13.2. The lowest BCUT2D eigenvalue weighted by Gasteiger charge is -2.32. The molecule has 124 valence electrons. The maximum Gasteiger partial charge on any atom is 0.326 e. The molecule has 0 spiro atoms. The Labute approximate surface area is 129 Å². The summed E-state index contributed by atoms with van der Waals surface area (Å²) in [6.07, 6.45) is 0.303. The number of nitrogens with one attached hydrogen (secondary N) is 1. The number of piperazine rings is 1. The Morgan fingerprint density at radius 3 is 2.23 bits per heavy atom. The number of carbonyl (C=O) groups is 4. The molecule has 0 aromatic rings. The van der Waals surface area contributed by atoms with Crippen LogP contribution in [0, 0.1) is 5.92 Å². The fraction of sp³-hybridized carbons (Fsp3) is 0.714. The first kappa shape index (κ1) is 17.9. The van der Waals surface area contributed by atoms with Gasteiger partial charge in [-0.2, -0.15) is 0 Å². The number of carboxylic acid groups (broad SMARTS) is 1. The zero-order valence-corrected chi connectivity index (χ0v) is 13.2. The predicted octanol–water partition coefficient (Wildman–Crippen LogP) is -0.707. The van der Waals surface area contributed by atoms with Crippen LogP contribution in [0.1, 0.15) is 27.2 Å². The van der Waals surface area contributed by atoms with Gasteiger partial charge in [0.25, 0.3) is 0 Å². The van der Waals surface area contributed by atoms with Gasteiger partial charge in [-0.15, -0.1) is 0 Å². The van der Waals surface area contributed by atoms with Crippen LogP contribution in [0.2, 0.25) is 0 Å². The molecule has 1 saturated heterocycles. The summed E-state index contributed by atoms with van der Waals surface area (Å²) < 4.78 is 0. The average molecular weight is 313 g/mol. The van der Waals surface area contributed by atoms with Crippen molar-refractivity contribution in [2.24, 2.45) is 5.92 Å². The van der Waals surface area contributed by atoms with E-state index in [1.54, 1.807) is 6.92 Å². The Morgan fingerprint density at radius 1 is 1.18 bits per heavy atom. The van der Waals surface area contributed by atoms with E-state index in [1.807, 2.05) is 13.8 Å². The van der Waals surface area contributed by atoms with Crippen LogP contribution in [-0.2, 0) is 19.2 Å². The normalized spacial score (nSPS) is 16.9. The van der Waals surface area contributed by atoms with Gasteiger partial charge < -0.3 is 20.2 Å². The topological polar surface area (TPSA) is 107 Å². The molecule has 1 heterocycles. The van der Waals surface area contributed by atoms with Gasteiger partial charge in [0, 0.05) is 19.6 Å². The van der Waals surface area contributed by atoms with E-state index in [0.717, 1.165) is 4.90 Å². The van der Waals surface area contributed by atoms with Gasteiger partial charge in [-0.25, -0.2) is 4.79 Å². The number of likely N-dealkylation sites (N-methyl/N-ethyl adjacent to an activating group) is 1. The molecule has 1 rings (SSSR count). The van der Waals surface area contributed by atoms with E-state index >= 15 is 0 Å². The molecule has 8 nitrogen and oxygen atoms in total. The van der Waals surface area contributed by atoms with Crippen molar-refractivity contribution in [1.82, 2.24) is 15.1 Å². The number of amides is 3. The van der Waals surface area contributed by atoms with Gasteiger partial charge in [0.15, 0.2) is 0 Å². The molecule has 8 heteroatoms. The minimum atomic E-state index is -1.11. The second-order valence-corrected chi connectivity index (χ2v) is 5.70. The van der Waals surface area contributed by atoms with E-state index in [9.17, 15) is 19.2 Å². The smallest absolute Gasteiger partial charge is 0.326 e. The molecule has 0 saturated carbocycles. The van der Waals surface area contributed by atoms with E-state index in [-0.39, 0.29) is 19.0 Å². The van der Waals surface area contributed by atoms with Crippen LogP contribution in [0.5, 0.6) is 0 Å². The third-order valence-corrected chi connectivity index (χ3v) is 3.45. The molecule has 1 unspecified atom stereocenters. The van der Waals surface area contributed by atoms with Gasteiger partial charge in [-0.3, -0.25) is 14.4 Å². The molecule has 2 N–H and O–H groups in total. The lowest BCUT2D eigenvalue weighted by molar-refractivity contribution is -0.157. The second-order valence-electron chi connectivity index (χ2n) is 5.70.